The van der Waals surface area contributed by atoms with Gasteiger partial charge in [0.05, 0.1) is 5.52 Å². The quantitative estimate of drug-likeness (QED) is 0.711. The smallest absolute Gasteiger partial charge is 0.288 e. The van der Waals surface area contributed by atoms with Gasteiger partial charge in [0.1, 0.15) is 0 Å². The van der Waals surface area contributed by atoms with E-state index in [1.807, 2.05) is 48.4 Å². The summed E-state index contributed by atoms with van der Waals surface area (Å²) in [5, 5.41) is 10.5. The maximum Gasteiger partial charge on any atom is 0.288 e. The van der Waals surface area contributed by atoms with Crippen LogP contribution < -0.4 is 0 Å². The number of hydrogen-bond donors (Lipinski definition) is 1. The molecule has 1 aromatic carbocycles. The van der Waals surface area contributed by atoms with Gasteiger partial charge in [-0.25, -0.2) is 0 Å². The zero-order chi connectivity index (χ0) is 22.7. The van der Waals surface area contributed by atoms with E-state index in [1.165, 1.54) is 0 Å². The molecule has 7 heteroatoms. The number of carbonyl (C=O) groups excluding carboxylic acids is 2. The molecule has 3 atom stereocenters. The molecule has 32 heavy (non-hydrogen) atoms. The van der Waals surface area contributed by atoms with Gasteiger partial charge >= 0.3 is 0 Å². The molecule has 0 radical (unpaired) electrons. The van der Waals surface area contributed by atoms with Crippen LogP contribution in [0.3, 0.4) is 0 Å². The summed E-state index contributed by atoms with van der Waals surface area (Å²) in [6.07, 6.45) is 6.47. The first kappa shape index (κ1) is 22.6. The van der Waals surface area contributed by atoms with Gasteiger partial charge in [0, 0.05) is 56.6 Å². The van der Waals surface area contributed by atoms with Crippen molar-refractivity contribution in [2.45, 2.75) is 51.7 Å². The third kappa shape index (κ3) is 4.32. The third-order valence-corrected chi connectivity index (χ3v) is 6.46. The monoisotopic (exact) mass is 440 g/mol. The summed E-state index contributed by atoms with van der Waals surface area (Å²) < 4.78 is 13.7. The van der Waals surface area contributed by atoms with E-state index in [9.17, 15) is 14.7 Å². The number of para-hydroxylation sites is 1. The molecular weight excluding hydrogens is 408 g/mol. The Labute approximate surface area is 188 Å². The van der Waals surface area contributed by atoms with E-state index in [0.717, 1.165) is 42.4 Å². The molecule has 1 N–H and O–H groups in total. The third-order valence-electron chi connectivity index (χ3n) is 6.46. The highest BCUT2D eigenvalue weighted by atomic mass is 16.7. The Hall–Kier alpha value is -2.64. The second-order valence-corrected chi connectivity index (χ2v) is 8.52. The van der Waals surface area contributed by atoms with Crippen LogP contribution >= 0.6 is 0 Å². The highest BCUT2D eigenvalue weighted by Gasteiger charge is 2.40. The molecule has 4 rings (SSSR count). The average molecular weight is 441 g/mol. The Morgan fingerprint density at radius 2 is 1.97 bits per heavy atom. The molecule has 0 unspecified atom stereocenters. The van der Waals surface area contributed by atoms with Crippen molar-refractivity contribution in [3.63, 3.8) is 0 Å². The molecule has 3 heterocycles. The number of nitrogens with zero attached hydrogens (tertiary/aromatic N) is 2. The van der Waals surface area contributed by atoms with Crippen LogP contribution in [0.4, 0.5) is 0 Å². The SMILES string of the molecule is CCO[C@H]1OC(C(=O)N2CCCC2)=C[C@@H](c2cn(C(C)=O)c3ccccc23)[C@H]1CCCO. The standard InChI is InChI=1S/C25H32N2O5/c1-3-31-25-19(10-8-14-28)20(15-23(32-25)24(30)26-12-6-7-13-26)21-16-27(17(2)29)22-11-5-4-9-18(21)22/h4-5,9,11,15-16,19-20,25,28H,3,6-8,10,12-14H2,1-2H3/t19-,20-,25+/m1/s1. The van der Waals surface area contributed by atoms with Crippen LogP contribution in [0.25, 0.3) is 10.9 Å². The number of allylic oxidation sites excluding steroid dienone is 1. The van der Waals surface area contributed by atoms with Gasteiger partial charge in [0.15, 0.2) is 5.76 Å². The van der Waals surface area contributed by atoms with E-state index in [-0.39, 0.29) is 30.3 Å². The molecule has 2 aromatic rings. The van der Waals surface area contributed by atoms with E-state index in [4.69, 9.17) is 9.47 Å². The number of ether oxygens (including phenoxy) is 2. The number of benzene rings is 1. The van der Waals surface area contributed by atoms with Crippen LogP contribution in [-0.4, -0.2) is 59.0 Å². The van der Waals surface area contributed by atoms with Crippen LogP contribution in [0.5, 0.6) is 0 Å². The summed E-state index contributed by atoms with van der Waals surface area (Å²) in [7, 11) is 0. The second kappa shape index (κ2) is 9.88. The number of aromatic nitrogens is 1. The van der Waals surface area contributed by atoms with Gasteiger partial charge in [-0.1, -0.05) is 18.2 Å². The molecule has 2 aliphatic rings. The Morgan fingerprint density at radius 1 is 1.22 bits per heavy atom. The molecule has 0 aliphatic carbocycles. The van der Waals surface area contributed by atoms with Gasteiger partial charge in [0.25, 0.3) is 5.91 Å². The van der Waals surface area contributed by atoms with Gasteiger partial charge in [-0.2, -0.15) is 0 Å². The number of carbonyl (C=O) groups is 2. The summed E-state index contributed by atoms with van der Waals surface area (Å²) in [5.41, 5.74) is 1.81. The predicted molar refractivity (Wildman–Crippen MR) is 121 cm³/mol. The first-order chi connectivity index (χ1) is 15.5. The molecule has 0 saturated carbocycles. The Kier molecular flexibility index (Phi) is 6.96. The van der Waals surface area contributed by atoms with Gasteiger partial charge < -0.3 is 19.5 Å². The first-order valence-electron chi connectivity index (χ1n) is 11.6. The highest BCUT2D eigenvalue weighted by Crippen LogP contribution is 2.42. The van der Waals surface area contributed by atoms with Crippen molar-refractivity contribution >= 4 is 22.7 Å². The second-order valence-electron chi connectivity index (χ2n) is 8.52. The van der Waals surface area contributed by atoms with Crippen LogP contribution in [-0.2, 0) is 14.3 Å². The van der Waals surface area contributed by atoms with Crippen molar-refractivity contribution in [2.24, 2.45) is 5.92 Å². The zero-order valence-electron chi connectivity index (χ0n) is 18.8. The maximum atomic E-state index is 13.2. The molecule has 2 aliphatic heterocycles. The van der Waals surface area contributed by atoms with Crippen molar-refractivity contribution in [2.75, 3.05) is 26.3 Å². The number of fused-ring (bicyclic) bond motifs is 1. The van der Waals surface area contributed by atoms with E-state index < -0.39 is 6.29 Å². The lowest BCUT2D eigenvalue weighted by Gasteiger charge is -2.37. The van der Waals surface area contributed by atoms with Crippen LogP contribution in [0.15, 0.2) is 42.3 Å². The van der Waals surface area contributed by atoms with Crippen LogP contribution in [0, 0.1) is 5.92 Å². The topological polar surface area (TPSA) is 81.0 Å². The molecule has 1 aromatic heterocycles. The molecule has 1 amide bonds. The lowest BCUT2D eigenvalue weighted by Crippen LogP contribution is -2.39. The summed E-state index contributed by atoms with van der Waals surface area (Å²) in [4.78, 5) is 27.4. The summed E-state index contributed by atoms with van der Waals surface area (Å²) in [6, 6.07) is 7.81. The molecule has 1 saturated heterocycles. The highest BCUT2D eigenvalue weighted by molar-refractivity contribution is 5.95. The fourth-order valence-electron chi connectivity index (χ4n) is 4.92. The zero-order valence-corrected chi connectivity index (χ0v) is 18.8. The number of amides is 1. The van der Waals surface area contributed by atoms with Crippen molar-refractivity contribution in [1.29, 1.82) is 0 Å². The number of aliphatic hydroxyl groups excluding tert-OH is 1. The van der Waals surface area contributed by atoms with Crippen molar-refractivity contribution in [3.05, 3.63) is 47.9 Å². The number of rotatable bonds is 7. The largest absolute Gasteiger partial charge is 0.459 e. The number of likely N-dealkylation sites (tertiary alicyclic amines) is 1. The fourth-order valence-corrected chi connectivity index (χ4v) is 4.92. The minimum absolute atomic E-state index is 0.0647. The van der Waals surface area contributed by atoms with Crippen molar-refractivity contribution in [3.8, 4) is 0 Å². The fraction of sp³-hybridized carbons (Fsp3) is 0.520. The van der Waals surface area contributed by atoms with E-state index >= 15 is 0 Å². The molecule has 0 spiro atoms. The lowest BCUT2D eigenvalue weighted by molar-refractivity contribution is -0.169. The minimum Gasteiger partial charge on any atom is -0.459 e. The van der Waals surface area contributed by atoms with Crippen LogP contribution in [0.2, 0.25) is 0 Å². The van der Waals surface area contributed by atoms with Gasteiger partial charge in [-0.3, -0.25) is 14.2 Å². The van der Waals surface area contributed by atoms with Gasteiger partial charge in [-0.05, 0) is 50.3 Å². The molecule has 0 bridgehead atoms. The summed E-state index contributed by atoms with van der Waals surface area (Å²) in [5.74, 6) is -0.129. The first-order valence-corrected chi connectivity index (χ1v) is 11.6. The molecule has 7 nitrogen and oxygen atoms in total. The lowest BCUT2D eigenvalue weighted by atomic mass is 9.80. The Morgan fingerprint density at radius 3 is 2.66 bits per heavy atom. The number of hydrogen-bond acceptors (Lipinski definition) is 5. The van der Waals surface area contributed by atoms with Gasteiger partial charge in [-0.15, -0.1) is 0 Å². The minimum atomic E-state index is -0.595. The van der Waals surface area contributed by atoms with E-state index in [2.05, 4.69) is 0 Å². The Balaban J connectivity index is 1.82. The summed E-state index contributed by atoms with van der Waals surface area (Å²) in [6.45, 7) is 5.45. The van der Waals surface area contributed by atoms with Crippen molar-refractivity contribution in [1.82, 2.24) is 9.47 Å². The van der Waals surface area contributed by atoms with Crippen LogP contribution in [0.1, 0.15) is 55.8 Å². The number of aliphatic hydroxyl groups is 1. The average Bonchev–Trinajstić information content (AvgIpc) is 3.46. The van der Waals surface area contributed by atoms with Gasteiger partial charge in [0.2, 0.25) is 12.2 Å². The van der Waals surface area contributed by atoms with E-state index in [1.54, 1.807) is 11.5 Å². The molecule has 172 valence electrons. The van der Waals surface area contributed by atoms with E-state index in [0.29, 0.717) is 25.2 Å². The predicted octanol–water partition coefficient (Wildman–Crippen LogP) is 3.67. The molecular formula is C25H32N2O5. The normalized spacial score (nSPS) is 23.3. The molecule has 1 fully saturated rings. The summed E-state index contributed by atoms with van der Waals surface area (Å²) >= 11 is 0. The maximum absolute atomic E-state index is 13.2. The Bertz CT molecular complexity index is 1000. The van der Waals surface area contributed by atoms with Crippen molar-refractivity contribution < 1.29 is 24.2 Å².